The van der Waals surface area contributed by atoms with Gasteiger partial charge in [0.2, 0.25) is 0 Å². The van der Waals surface area contributed by atoms with Gasteiger partial charge in [0.05, 0.1) is 7.11 Å². The van der Waals surface area contributed by atoms with Gasteiger partial charge in [0.15, 0.2) is 0 Å². The smallest absolute Gasteiger partial charge is 0.118 e. The molecule has 0 aromatic heterocycles. The fourth-order valence-corrected chi connectivity index (χ4v) is 3.03. The number of hydrogen-bond acceptors (Lipinski definition) is 2. The van der Waals surface area contributed by atoms with Crippen molar-refractivity contribution in [1.82, 2.24) is 5.32 Å². The fourth-order valence-electron chi connectivity index (χ4n) is 3.03. The zero-order valence-corrected chi connectivity index (χ0v) is 11.8. The summed E-state index contributed by atoms with van der Waals surface area (Å²) in [5, 5.41) is 3.42. The normalized spacial score (nSPS) is 27.4. The maximum Gasteiger partial charge on any atom is 0.118 e. The Morgan fingerprint density at radius 1 is 1.33 bits per heavy atom. The summed E-state index contributed by atoms with van der Waals surface area (Å²) in [7, 11) is 3.80. The molecule has 1 aromatic carbocycles. The zero-order valence-electron chi connectivity index (χ0n) is 11.8. The van der Waals surface area contributed by atoms with Crippen molar-refractivity contribution in [2.24, 2.45) is 5.41 Å². The molecule has 100 valence electrons. The summed E-state index contributed by atoms with van der Waals surface area (Å²) in [5.74, 6) is 0.945. The molecule has 0 saturated heterocycles. The van der Waals surface area contributed by atoms with Gasteiger partial charge in [-0.05, 0) is 62.3 Å². The van der Waals surface area contributed by atoms with Crippen molar-refractivity contribution >= 4 is 0 Å². The van der Waals surface area contributed by atoms with Gasteiger partial charge in [-0.15, -0.1) is 0 Å². The average Bonchev–Trinajstić information content (AvgIpc) is 2.79. The van der Waals surface area contributed by atoms with Gasteiger partial charge in [0, 0.05) is 6.04 Å². The zero-order chi connectivity index (χ0) is 13.0. The minimum absolute atomic E-state index is 0.521. The molecule has 0 bridgehead atoms. The fraction of sp³-hybridized carbons (Fsp3) is 0.625. The molecule has 2 unspecified atom stereocenters. The summed E-state index contributed by atoms with van der Waals surface area (Å²) in [6, 6.07) is 9.22. The maximum atomic E-state index is 5.19. The maximum absolute atomic E-state index is 5.19. The lowest BCUT2D eigenvalue weighted by Crippen LogP contribution is -2.24. The van der Waals surface area contributed by atoms with Gasteiger partial charge in [0.1, 0.15) is 5.75 Å². The summed E-state index contributed by atoms with van der Waals surface area (Å²) in [6.07, 6.45) is 6.47. The van der Waals surface area contributed by atoms with Crippen LogP contribution in [-0.4, -0.2) is 20.2 Å². The lowest BCUT2D eigenvalue weighted by atomic mass is 9.82. The second-order valence-electron chi connectivity index (χ2n) is 5.89. The van der Waals surface area contributed by atoms with E-state index in [2.05, 4.69) is 43.6 Å². The minimum atomic E-state index is 0.521. The summed E-state index contributed by atoms with van der Waals surface area (Å²) >= 11 is 0. The monoisotopic (exact) mass is 247 g/mol. The lowest BCUT2D eigenvalue weighted by Gasteiger charge is -2.24. The van der Waals surface area contributed by atoms with Gasteiger partial charge in [0.25, 0.3) is 0 Å². The molecule has 2 nitrogen and oxygen atoms in total. The molecule has 1 fully saturated rings. The van der Waals surface area contributed by atoms with Crippen LogP contribution in [0.1, 0.15) is 38.2 Å². The molecule has 1 saturated carbocycles. The summed E-state index contributed by atoms with van der Waals surface area (Å²) in [4.78, 5) is 0. The highest BCUT2D eigenvalue weighted by Gasteiger charge is 2.33. The molecule has 2 heteroatoms. The highest BCUT2D eigenvalue weighted by atomic mass is 16.5. The Kier molecular flexibility index (Phi) is 4.28. The Bertz CT molecular complexity index is 373. The highest BCUT2D eigenvalue weighted by molar-refractivity contribution is 5.27. The van der Waals surface area contributed by atoms with Crippen molar-refractivity contribution in [3.63, 3.8) is 0 Å². The Labute approximate surface area is 111 Å². The van der Waals surface area contributed by atoms with E-state index in [0.717, 1.165) is 11.8 Å². The van der Waals surface area contributed by atoms with E-state index in [1.165, 1.54) is 37.7 Å². The van der Waals surface area contributed by atoms with E-state index in [4.69, 9.17) is 4.74 Å². The van der Waals surface area contributed by atoms with Crippen LogP contribution in [0.4, 0.5) is 0 Å². The number of benzene rings is 1. The standard InChI is InChI=1S/C16H25NO/c1-16(11-9-14(12-16)17-2)10-8-13-4-6-15(18-3)7-5-13/h4-7,14,17H,8-12H2,1-3H3. The van der Waals surface area contributed by atoms with Crippen LogP contribution in [0, 0.1) is 5.41 Å². The molecule has 0 aliphatic heterocycles. The molecule has 18 heavy (non-hydrogen) atoms. The average molecular weight is 247 g/mol. The topological polar surface area (TPSA) is 21.3 Å². The lowest BCUT2D eigenvalue weighted by molar-refractivity contribution is 0.300. The number of ether oxygens (including phenoxy) is 1. The van der Waals surface area contributed by atoms with Crippen molar-refractivity contribution in [2.45, 2.75) is 45.1 Å². The number of methoxy groups -OCH3 is 1. The van der Waals surface area contributed by atoms with E-state index >= 15 is 0 Å². The van der Waals surface area contributed by atoms with E-state index in [0.29, 0.717) is 5.41 Å². The first kappa shape index (κ1) is 13.4. The van der Waals surface area contributed by atoms with Crippen molar-refractivity contribution in [3.05, 3.63) is 29.8 Å². The molecule has 2 rings (SSSR count). The summed E-state index contributed by atoms with van der Waals surface area (Å²) < 4.78 is 5.19. The first-order valence-electron chi connectivity index (χ1n) is 6.95. The third-order valence-corrected chi connectivity index (χ3v) is 4.42. The first-order valence-corrected chi connectivity index (χ1v) is 6.95. The molecule has 0 spiro atoms. The molecule has 1 aliphatic rings. The van der Waals surface area contributed by atoms with Crippen LogP contribution in [0.3, 0.4) is 0 Å². The Morgan fingerprint density at radius 2 is 2.06 bits per heavy atom. The number of hydrogen-bond donors (Lipinski definition) is 1. The van der Waals surface area contributed by atoms with E-state index in [1.54, 1.807) is 7.11 Å². The molecule has 1 N–H and O–H groups in total. The Balaban J connectivity index is 1.87. The van der Waals surface area contributed by atoms with Crippen LogP contribution in [0.2, 0.25) is 0 Å². The van der Waals surface area contributed by atoms with E-state index in [9.17, 15) is 0 Å². The molecule has 0 amide bonds. The first-order chi connectivity index (χ1) is 8.65. The van der Waals surface area contributed by atoms with Crippen LogP contribution < -0.4 is 10.1 Å². The predicted molar refractivity (Wildman–Crippen MR) is 76.1 cm³/mol. The Morgan fingerprint density at radius 3 is 2.61 bits per heavy atom. The van der Waals surface area contributed by atoms with Crippen LogP contribution in [-0.2, 0) is 6.42 Å². The molecule has 0 heterocycles. The van der Waals surface area contributed by atoms with Crippen molar-refractivity contribution < 1.29 is 4.74 Å². The van der Waals surface area contributed by atoms with Gasteiger partial charge < -0.3 is 10.1 Å². The van der Waals surface area contributed by atoms with Crippen LogP contribution in [0.5, 0.6) is 5.75 Å². The van der Waals surface area contributed by atoms with Crippen molar-refractivity contribution in [2.75, 3.05) is 14.2 Å². The molecular weight excluding hydrogens is 222 g/mol. The van der Waals surface area contributed by atoms with E-state index in [1.807, 2.05) is 0 Å². The van der Waals surface area contributed by atoms with Gasteiger partial charge >= 0.3 is 0 Å². The second-order valence-corrected chi connectivity index (χ2v) is 5.89. The number of aryl methyl sites for hydroxylation is 1. The third-order valence-electron chi connectivity index (χ3n) is 4.42. The number of nitrogens with one attached hydrogen (secondary N) is 1. The molecule has 2 atom stereocenters. The summed E-state index contributed by atoms with van der Waals surface area (Å²) in [5.41, 5.74) is 1.94. The Hall–Kier alpha value is -1.02. The van der Waals surface area contributed by atoms with Gasteiger partial charge in [-0.25, -0.2) is 0 Å². The van der Waals surface area contributed by atoms with Crippen molar-refractivity contribution in [1.29, 1.82) is 0 Å². The second kappa shape index (κ2) is 5.75. The molecular formula is C16H25NO. The molecule has 1 aromatic rings. The summed E-state index contributed by atoms with van der Waals surface area (Å²) in [6.45, 7) is 2.44. The quantitative estimate of drug-likeness (QED) is 0.861. The van der Waals surface area contributed by atoms with Crippen LogP contribution in [0.25, 0.3) is 0 Å². The van der Waals surface area contributed by atoms with E-state index in [-0.39, 0.29) is 0 Å². The largest absolute Gasteiger partial charge is 0.497 e. The highest BCUT2D eigenvalue weighted by Crippen LogP contribution is 2.41. The number of rotatable bonds is 5. The SMILES string of the molecule is CNC1CCC(C)(CCc2ccc(OC)cc2)C1. The van der Waals surface area contributed by atoms with Gasteiger partial charge in [-0.3, -0.25) is 0 Å². The van der Waals surface area contributed by atoms with Crippen LogP contribution >= 0.6 is 0 Å². The van der Waals surface area contributed by atoms with Crippen LogP contribution in [0.15, 0.2) is 24.3 Å². The van der Waals surface area contributed by atoms with Gasteiger partial charge in [-0.1, -0.05) is 19.1 Å². The predicted octanol–water partition coefficient (Wildman–Crippen LogP) is 3.41. The van der Waals surface area contributed by atoms with Gasteiger partial charge in [-0.2, -0.15) is 0 Å². The third kappa shape index (κ3) is 3.26. The van der Waals surface area contributed by atoms with Crippen molar-refractivity contribution in [3.8, 4) is 5.75 Å². The molecule has 0 radical (unpaired) electrons. The molecule has 1 aliphatic carbocycles. The minimum Gasteiger partial charge on any atom is -0.497 e. The van der Waals surface area contributed by atoms with E-state index < -0.39 is 0 Å².